The van der Waals surface area contributed by atoms with Crippen LogP contribution in [0.15, 0.2) is 39.9 Å². The van der Waals surface area contributed by atoms with Gasteiger partial charge in [-0.2, -0.15) is 5.10 Å². The number of aromatic nitrogens is 3. The molecule has 94 valence electrons. The Hall–Kier alpha value is -1.40. The van der Waals surface area contributed by atoms with Crippen LogP contribution in [0.3, 0.4) is 0 Å². The standard InChI is InChI=1S/C12H12BrN3O2/c13-9-1-3-10(4-2-9)15-8-14-16(12(15)17)11-5-6-18-7-11/h1-4,8,11H,5-7H2/t11-/m1/s1. The molecule has 0 unspecified atom stereocenters. The predicted octanol–water partition coefficient (Wildman–Crippen LogP) is 1.76. The van der Waals surface area contributed by atoms with Gasteiger partial charge in [0.2, 0.25) is 0 Å². The summed E-state index contributed by atoms with van der Waals surface area (Å²) in [7, 11) is 0. The summed E-state index contributed by atoms with van der Waals surface area (Å²) in [4.78, 5) is 12.2. The Balaban J connectivity index is 1.98. The highest BCUT2D eigenvalue weighted by atomic mass is 79.9. The Labute approximate surface area is 112 Å². The second-order valence-corrected chi connectivity index (χ2v) is 5.14. The second-order valence-electron chi connectivity index (χ2n) is 4.22. The molecule has 1 saturated heterocycles. The summed E-state index contributed by atoms with van der Waals surface area (Å²) >= 11 is 3.37. The minimum Gasteiger partial charge on any atom is -0.379 e. The van der Waals surface area contributed by atoms with Crippen LogP contribution in [-0.4, -0.2) is 27.6 Å². The SMILES string of the molecule is O=c1n(-c2ccc(Br)cc2)cnn1[C@@H]1CCOC1. The van der Waals surface area contributed by atoms with E-state index in [1.54, 1.807) is 10.9 Å². The van der Waals surface area contributed by atoms with E-state index in [2.05, 4.69) is 21.0 Å². The quantitative estimate of drug-likeness (QED) is 0.849. The minimum atomic E-state index is -0.118. The van der Waals surface area contributed by atoms with E-state index in [9.17, 15) is 4.79 Å². The zero-order valence-electron chi connectivity index (χ0n) is 9.62. The highest BCUT2D eigenvalue weighted by Crippen LogP contribution is 2.16. The van der Waals surface area contributed by atoms with Gasteiger partial charge in [-0.25, -0.2) is 14.0 Å². The Morgan fingerprint density at radius 3 is 2.78 bits per heavy atom. The summed E-state index contributed by atoms with van der Waals surface area (Å²) < 4.78 is 9.32. The molecule has 0 N–H and O–H groups in total. The molecule has 0 bridgehead atoms. The van der Waals surface area contributed by atoms with Crippen molar-refractivity contribution in [2.75, 3.05) is 13.2 Å². The summed E-state index contributed by atoms with van der Waals surface area (Å²) in [5.74, 6) is 0. The van der Waals surface area contributed by atoms with Crippen LogP contribution in [0.4, 0.5) is 0 Å². The average molecular weight is 310 g/mol. The minimum absolute atomic E-state index is 0.0641. The third-order valence-electron chi connectivity index (χ3n) is 3.05. The van der Waals surface area contributed by atoms with Crippen LogP contribution in [-0.2, 0) is 4.74 Å². The summed E-state index contributed by atoms with van der Waals surface area (Å²) in [6.45, 7) is 1.26. The summed E-state index contributed by atoms with van der Waals surface area (Å²) in [5.41, 5.74) is 0.696. The topological polar surface area (TPSA) is 49.0 Å². The fraction of sp³-hybridized carbons (Fsp3) is 0.333. The largest absolute Gasteiger partial charge is 0.379 e. The van der Waals surface area contributed by atoms with Crippen molar-refractivity contribution in [1.82, 2.24) is 14.3 Å². The van der Waals surface area contributed by atoms with Crippen LogP contribution in [0.2, 0.25) is 0 Å². The monoisotopic (exact) mass is 309 g/mol. The Bertz CT molecular complexity index is 597. The van der Waals surface area contributed by atoms with Crippen molar-refractivity contribution in [3.8, 4) is 5.69 Å². The van der Waals surface area contributed by atoms with E-state index in [1.807, 2.05) is 24.3 Å². The number of hydrogen-bond donors (Lipinski definition) is 0. The zero-order chi connectivity index (χ0) is 12.5. The molecule has 1 aromatic carbocycles. The molecule has 2 aromatic rings. The van der Waals surface area contributed by atoms with Crippen LogP contribution < -0.4 is 5.69 Å². The van der Waals surface area contributed by atoms with E-state index in [1.165, 1.54) is 4.68 Å². The number of hydrogen-bond acceptors (Lipinski definition) is 3. The van der Waals surface area contributed by atoms with Crippen molar-refractivity contribution in [2.24, 2.45) is 0 Å². The molecule has 0 amide bonds. The van der Waals surface area contributed by atoms with Crippen molar-refractivity contribution in [3.63, 3.8) is 0 Å². The molecular weight excluding hydrogens is 298 g/mol. The first-order valence-corrected chi connectivity index (χ1v) is 6.55. The summed E-state index contributed by atoms with van der Waals surface area (Å²) in [6, 6.07) is 7.62. The number of rotatable bonds is 2. The molecule has 6 heteroatoms. The molecule has 18 heavy (non-hydrogen) atoms. The zero-order valence-corrected chi connectivity index (χ0v) is 11.2. The first-order chi connectivity index (χ1) is 8.75. The summed E-state index contributed by atoms with van der Waals surface area (Å²) in [6.07, 6.45) is 2.40. The number of ether oxygens (including phenoxy) is 1. The molecule has 1 atom stereocenters. The molecule has 3 rings (SSSR count). The van der Waals surface area contributed by atoms with Crippen LogP contribution >= 0.6 is 15.9 Å². The van der Waals surface area contributed by atoms with Gasteiger partial charge in [0.25, 0.3) is 0 Å². The molecule has 1 aliphatic heterocycles. The smallest absolute Gasteiger partial charge is 0.350 e. The summed E-state index contributed by atoms with van der Waals surface area (Å²) in [5, 5.41) is 4.17. The number of halogens is 1. The first kappa shape index (κ1) is 11.7. The van der Waals surface area contributed by atoms with Crippen LogP contribution in [0.1, 0.15) is 12.5 Å². The van der Waals surface area contributed by atoms with Crippen LogP contribution in [0.5, 0.6) is 0 Å². The lowest BCUT2D eigenvalue weighted by Gasteiger charge is -2.05. The van der Waals surface area contributed by atoms with Gasteiger partial charge in [0.05, 0.1) is 18.3 Å². The number of nitrogens with zero attached hydrogens (tertiary/aromatic N) is 3. The van der Waals surface area contributed by atoms with Gasteiger partial charge in [-0.05, 0) is 30.7 Å². The molecule has 0 aliphatic carbocycles. The Kier molecular flexibility index (Phi) is 3.05. The van der Waals surface area contributed by atoms with Crippen molar-refractivity contribution >= 4 is 15.9 Å². The van der Waals surface area contributed by atoms with Gasteiger partial charge in [0.1, 0.15) is 6.33 Å². The number of benzene rings is 1. The predicted molar refractivity (Wildman–Crippen MR) is 70.0 cm³/mol. The van der Waals surface area contributed by atoms with Crippen molar-refractivity contribution in [2.45, 2.75) is 12.5 Å². The highest BCUT2D eigenvalue weighted by Gasteiger charge is 2.21. The molecule has 1 aromatic heterocycles. The van der Waals surface area contributed by atoms with Gasteiger partial charge in [0, 0.05) is 11.1 Å². The van der Waals surface area contributed by atoms with Gasteiger partial charge in [0.15, 0.2) is 0 Å². The van der Waals surface area contributed by atoms with Gasteiger partial charge in [-0.15, -0.1) is 0 Å². The molecule has 1 aliphatic rings. The normalized spacial score (nSPS) is 19.3. The van der Waals surface area contributed by atoms with Gasteiger partial charge in [-0.3, -0.25) is 0 Å². The fourth-order valence-corrected chi connectivity index (χ4v) is 2.32. The molecule has 2 heterocycles. The third kappa shape index (κ3) is 2.02. The highest BCUT2D eigenvalue weighted by molar-refractivity contribution is 9.10. The molecule has 0 saturated carbocycles. The van der Waals surface area contributed by atoms with E-state index in [0.29, 0.717) is 13.2 Å². The van der Waals surface area contributed by atoms with Gasteiger partial charge >= 0.3 is 5.69 Å². The second kappa shape index (κ2) is 4.70. The molecule has 0 spiro atoms. The lowest BCUT2D eigenvalue weighted by Crippen LogP contribution is -2.27. The molecular formula is C12H12BrN3O2. The average Bonchev–Trinajstić information content (AvgIpc) is 2.99. The van der Waals surface area contributed by atoms with E-state index < -0.39 is 0 Å². The van der Waals surface area contributed by atoms with Crippen molar-refractivity contribution in [1.29, 1.82) is 0 Å². The van der Waals surface area contributed by atoms with Crippen molar-refractivity contribution < 1.29 is 4.74 Å². The van der Waals surface area contributed by atoms with Crippen LogP contribution in [0.25, 0.3) is 5.69 Å². The molecule has 0 radical (unpaired) electrons. The van der Waals surface area contributed by atoms with E-state index in [4.69, 9.17) is 4.74 Å². The molecule has 1 fully saturated rings. The molecule has 5 nitrogen and oxygen atoms in total. The maximum Gasteiger partial charge on any atom is 0.350 e. The Morgan fingerprint density at radius 2 is 2.11 bits per heavy atom. The van der Waals surface area contributed by atoms with Gasteiger partial charge < -0.3 is 4.74 Å². The van der Waals surface area contributed by atoms with Crippen LogP contribution in [0, 0.1) is 0 Å². The first-order valence-electron chi connectivity index (χ1n) is 5.75. The fourth-order valence-electron chi connectivity index (χ4n) is 2.06. The Morgan fingerprint density at radius 1 is 1.33 bits per heavy atom. The lowest BCUT2D eigenvalue weighted by atomic mass is 10.3. The lowest BCUT2D eigenvalue weighted by molar-refractivity contribution is 0.183. The maximum absolute atomic E-state index is 12.2. The van der Waals surface area contributed by atoms with Crippen molar-refractivity contribution in [3.05, 3.63) is 45.5 Å². The van der Waals surface area contributed by atoms with Gasteiger partial charge in [-0.1, -0.05) is 15.9 Å². The van der Waals surface area contributed by atoms with E-state index in [0.717, 1.165) is 16.6 Å². The van der Waals surface area contributed by atoms with E-state index in [-0.39, 0.29) is 11.7 Å². The van der Waals surface area contributed by atoms with E-state index >= 15 is 0 Å². The maximum atomic E-state index is 12.2. The third-order valence-corrected chi connectivity index (χ3v) is 3.58.